The number of amides is 3. The van der Waals surface area contributed by atoms with Gasteiger partial charge >= 0.3 is 12.0 Å². The number of nitrogens with zero attached hydrogens (tertiary/aromatic N) is 1. The fraction of sp³-hybridized carbons (Fsp3) is 0.550. The van der Waals surface area contributed by atoms with Crippen molar-refractivity contribution in [3.8, 4) is 0 Å². The number of piperidine rings is 1. The summed E-state index contributed by atoms with van der Waals surface area (Å²) in [5.74, 6) is -0.902. The molecule has 0 saturated carbocycles. The molecule has 1 aromatic carbocycles. The molecule has 0 aliphatic carbocycles. The molecule has 1 heterocycles. The van der Waals surface area contributed by atoms with Crippen molar-refractivity contribution >= 4 is 23.6 Å². The molecule has 0 unspecified atom stereocenters. The molecular formula is C20H29N3O4. The summed E-state index contributed by atoms with van der Waals surface area (Å²) in [7, 11) is 0. The van der Waals surface area contributed by atoms with Crippen LogP contribution in [0, 0.1) is 5.92 Å². The van der Waals surface area contributed by atoms with Gasteiger partial charge in [0.1, 0.15) is 0 Å². The number of urea groups is 1. The lowest BCUT2D eigenvalue weighted by molar-refractivity contribution is -0.154. The summed E-state index contributed by atoms with van der Waals surface area (Å²) in [6, 6.07) is 9.20. The third-order valence-corrected chi connectivity index (χ3v) is 4.84. The second kappa shape index (κ2) is 10.5. The van der Waals surface area contributed by atoms with Crippen LogP contribution in [0.5, 0.6) is 0 Å². The van der Waals surface area contributed by atoms with Crippen LogP contribution >= 0.6 is 0 Å². The van der Waals surface area contributed by atoms with Gasteiger partial charge in [-0.2, -0.15) is 0 Å². The maximum Gasteiger partial charge on any atom is 0.321 e. The van der Waals surface area contributed by atoms with E-state index in [-0.39, 0.29) is 36.5 Å². The van der Waals surface area contributed by atoms with Crippen LogP contribution in [0.15, 0.2) is 30.3 Å². The minimum Gasteiger partial charge on any atom is -0.455 e. The molecule has 1 saturated heterocycles. The topological polar surface area (TPSA) is 87.7 Å². The Kier molecular flexibility index (Phi) is 8.10. The van der Waals surface area contributed by atoms with Gasteiger partial charge in [0.2, 0.25) is 0 Å². The number of hydrogen-bond acceptors (Lipinski definition) is 4. The van der Waals surface area contributed by atoms with E-state index in [0.29, 0.717) is 25.9 Å². The van der Waals surface area contributed by atoms with Gasteiger partial charge in [-0.25, -0.2) is 4.79 Å². The van der Waals surface area contributed by atoms with Gasteiger partial charge < -0.3 is 20.3 Å². The van der Waals surface area contributed by atoms with Crippen LogP contribution in [0.25, 0.3) is 0 Å². The number of esters is 1. The van der Waals surface area contributed by atoms with Crippen LogP contribution in [0.2, 0.25) is 0 Å². The van der Waals surface area contributed by atoms with Crippen molar-refractivity contribution in [2.45, 2.75) is 45.6 Å². The number of anilines is 1. The summed E-state index contributed by atoms with van der Waals surface area (Å²) in [5, 5.41) is 5.69. The van der Waals surface area contributed by atoms with E-state index < -0.39 is 0 Å². The SMILES string of the molecule is CCC(CC)NC(=O)COC(=O)C1CCN(C(=O)Nc2ccccc2)CC1. The van der Waals surface area contributed by atoms with Crippen molar-refractivity contribution in [3.63, 3.8) is 0 Å². The first-order chi connectivity index (χ1) is 13.0. The minimum absolute atomic E-state index is 0.113. The van der Waals surface area contributed by atoms with E-state index in [9.17, 15) is 14.4 Å². The molecule has 1 aliphatic rings. The molecule has 1 fully saturated rings. The maximum absolute atomic E-state index is 12.3. The lowest BCUT2D eigenvalue weighted by Gasteiger charge is -2.31. The molecule has 2 N–H and O–H groups in total. The maximum atomic E-state index is 12.3. The number of carbonyl (C=O) groups is 3. The van der Waals surface area contributed by atoms with Gasteiger partial charge in [0.15, 0.2) is 6.61 Å². The molecule has 1 aromatic rings. The van der Waals surface area contributed by atoms with Crippen LogP contribution in [0.1, 0.15) is 39.5 Å². The Morgan fingerprint density at radius 1 is 1.11 bits per heavy atom. The van der Waals surface area contributed by atoms with Crippen molar-refractivity contribution in [1.29, 1.82) is 0 Å². The number of benzene rings is 1. The second-order valence-electron chi connectivity index (χ2n) is 6.75. The van der Waals surface area contributed by atoms with Gasteiger partial charge in [0.25, 0.3) is 5.91 Å². The number of para-hydroxylation sites is 1. The van der Waals surface area contributed by atoms with Crippen LogP contribution in [-0.4, -0.2) is 48.5 Å². The van der Waals surface area contributed by atoms with Crippen molar-refractivity contribution in [2.24, 2.45) is 5.92 Å². The molecule has 0 aromatic heterocycles. The van der Waals surface area contributed by atoms with Gasteiger partial charge in [0.05, 0.1) is 5.92 Å². The fourth-order valence-electron chi connectivity index (χ4n) is 3.06. The van der Waals surface area contributed by atoms with Gasteiger partial charge in [-0.1, -0.05) is 32.0 Å². The van der Waals surface area contributed by atoms with E-state index in [1.165, 1.54) is 0 Å². The lowest BCUT2D eigenvalue weighted by Crippen LogP contribution is -2.43. The second-order valence-corrected chi connectivity index (χ2v) is 6.75. The van der Waals surface area contributed by atoms with E-state index in [4.69, 9.17) is 4.74 Å². The van der Waals surface area contributed by atoms with Gasteiger partial charge in [-0.05, 0) is 37.8 Å². The van der Waals surface area contributed by atoms with Gasteiger partial charge in [-0.3, -0.25) is 9.59 Å². The number of carbonyl (C=O) groups excluding carboxylic acids is 3. The average Bonchev–Trinajstić information content (AvgIpc) is 2.71. The summed E-state index contributed by atoms with van der Waals surface area (Å²) >= 11 is 0. The lowest BCUT2D eigenvalue weighted by atomic mass is 9.97. The predicted molar refractivity (Wildman–Crippen MR) is 103 cm³/mol. The standard InChI is InChI=1S/C20H29N3O4/c1-3-16(4-2)21-18(24)14-27-19(25)15-10-12-23(13-11-15)20(26)22-17-8-6-5-7-9-17/h5-9,15-16H,3-4,10-14H2,1-2H3,(H,21,24)(H,22,26). The molecule has 0 atom stereocenters. The molecule has 3 amide bonds. The summed E-state index contributed by atoms with van der Waals surface area (Å²) in [6.45, 7) is 4.73. The molecule has 7 nitrogen and oxygen atoms in total. The first-order valence-corrected chi connectivity index (χ1v) is 9.60. The first kappa shape index (κ1) is 20.7. The van der Waals surface area contributed by atoms with Gasteiger partial charge in [-0.15, -0.1) is 0 Å². The molecule has 0 radical (unpaired) electrons. The number of hydrogen-bond donors (Lipinski definition) is 2. The molecular weight excluding hydrogens is 346 g/mol. The van der Waals surface area contributed by atoms with E-state index in [2.05, 4.69) is 10.6 Å². The number of likely N-dealkylation sites (tertiary alicyclic amines) is 1. The Balaban J connectivity index is 1.70. The Bertz CT molecular complexity index is 623. The fourth-order valence-corrected chi connectivity index (χ4v) is 3.06. The first-order valence-electron chi connectivity index (χ1n) is 9.60. The molecule has 27 heavy (non-hydrogen) atoms. The van der Waals surface area contributed by atoms with E-state index in [0.717, 1.165) is 18.5 Å². The zero-order valence-electron chi connectivity index (χ0n) is 16.1. The zero-order chi connectivity index (χ0) is 19.6. The third kappa shape index (κ3) is 6.58. The van der Waals surface area contributed by atoms with Crippen LogP contribution in [0.4, 0.5) is 10.5 Å². The van der Waals surface area contributed by atoms with E-state index in [1.807, 2.05) is 44.2 Å². The summed E-state index contributed by atoms with van der Waals surface area (Å²) in [6.07, 6.45) is 2.77. The normalized spacial score (nSPS) is 14.7. The highest BCUT2D eigenvalue weighted by atomic mass is 16.5. The highest BCUT2D eigenvalue weighted by Crippen LogP contribution is 2.19. The highest BCUT2D eigenvalue weighted by molar-refractivity contribution is 5.89. The summed E-state index contributed by atoms with van der Waals surface area (Å²) in [4.78, 5) is 38.0. The molecule has 2 rings (SSSR count). The van der Waals surface area contributed by atoms with Crippen LogP contribution < -0.4 is 10.6 Å². The number of ether oxygens (including phenoxy) is 1. The average molecular weight is 375 g/mol. The Morgan fingerprint density at radius 2 is 1.74 bits per heavy atom. The Hall–Kier alpha value is -2.57. The van der Waals surface area contributed by atoms with Crippen molar-refractivity contribution in [2.75, 3.05) is 25.0 Å². The zero-order valence-corrected chi connectivity index (χ0v) is 16.1. The minimum atomic E-state index is -0.363. The monoisotopic (exact) mass is 375 g/mol. The molecule has 0 bridgehead atoms. The number of rotatable bonds is 7. The largest absolute Gasteiger partial charge is 0.455 e. The Labute approximate surface area is 160 Å². The quantitative estimate of drug-likeness (QED) is 0.718. The summed E-state index contributed by atoms with van der Waals surface area (Å²) < 4.78 is 5.15. The molecule has 7 heteroatoms. The van der Waals surface area contributed by atoms with Crippen LogP contribution in [-0.2, 0) is 14.3 Å². The smallest absolute Gasteiger partial charge is 0.321 e. The van der Waals surface area contributed by atoms with Crippen LogP contribution in [0.3, 0.4) is 0 Å². The Morgan fingerprint density at radius 3 is 2.33 bits per heavy atom. The van der Waals surface area contributed by atoms with Crippen molar-refractivity contribution in [3.05, 3.63) is 30.3 Å². The molecule has 1 aliphatic heterocycles. The predicted octanol–water partition coefficient (Wildman–Crippen LogP) is 2.78. The molecule has 148 valence electrons. The summed E-state index contributed by atoms with van der Waals surface area (Å²) in [5.41, 5.74) is 0.743. The molecule has 0 spiro atoms. The third-order valence-electron chi connectivity index (χ3n) is 4.84. The van der Waals surface area contributed by atoms with Crippen molar-refractivity contribution < 1.29 is 19.1 Å². The highest BCUT2D eigenvalue weighted by Gasteiger charge is 2.28. The van der Waals surface area contributed by atoms with Gasteiger partial charge in [0, 0.05) is 24.8 Å². The van der Waals surface area contributed by atoms with E-state index >= 15 is 0 Å². The van der Waals surface area contributed by atoms with E-state index in [1.54, 1.807) is 4.90 Å². The van der Waals surface area contributed by atoms with Crippen molar-refractivity contribution in [1.82, 2.24) is 10.2 Å². The number of nitrogens with one attached hydrogen (secondary N) is 2.